The van der Waals surface area contributed by atoms with Crippen LogP contribution in [0.2, 0.25) is 0 Å². The van der Waals surface area contributed by atoms with Gasteiger partial charge in [0.1, 0.15) is 0 Å². The van der Waals surface area contributed by atoms with Crippen molar-refractivity contribution < 1.29 is 9.53 Å². The van der Waals surface area contributed by atoms with Gasteiger partial charge in [-0.1, -0.05) is 0 Å². The van der Waals surface area contributed by atoms with Gasteiger partial charge in [0.2, 0.25) is 5.91 Å². The molecule has 1 aliphatic heterocycles. The van der Waals surface area contributed by atoms with Gasteiger partial charge in [-0.05, 0) is 27.7 Å². The Labute approximate surface area is 147 Å². The van der Waals surface area contributed by atoms with Crippen LogP contribution in [0.25, 0.3) is 0 Å². The second-order valence-corrected chi connectivity index (χ2v) is 8.26. The molecule has 0 saturated carbocycles. The first-order valence-corrected chi connectivity index (χ1v) is 10.1. The van der Waals surface area contributed by atoms with Crippen LogP contribution in [0.3, 0.4) is 0 Å². The molecular formula is C16H27N3O2S2. The van der Waals surface area contributed by atoms with Crippen molar-refractivity contribution in [1.82, 2.24) is 15.2 Å². The highest BCUT2D eigenvalue weighted by molar-refractivity contribution is 7.99. The van der Waals surface area contributed by atoms with Gasteiger partial charge in [-0.15, -0.1) is 23.1 Å². The number of thiazole rings is 1. The second kappa shape index (κ2) is 9.01. The lowest BCUT2D eigenvalue weighted by molar-refractivity contribution is -0.119. The SMILES string of the molecule is Cc1nc(CSCC(=O)NC[C@H](C)N2C[C@@H](C)O[C@@H](C)C2)cs1. The van der Waals surface area contributed by atoms with Gasteiger partial charge in [0.25, 0.3) is 0 Å². The number of morpholine rings is 1. The molecule has 2 heterocycles. The molecule has 0 bridgehead atoms. The number of hydrogen-bond acceptors (Lipinski definition) is 6. The van der Waals surface area contributed by atoms with Crippen LogP contribution < -0.4 is 5.32 Å². The molecule has 1 saturated heterocycles. The number of aromatic nitrogens is 1. The molecule has 0 spiro atoms. The summed E-state index contributed by atoms with van der Waals surface area (Å²) in [5.74, 6) is 1.38. The number of carbonyl (C=O) groups excluding carboxylic acids is 1. The Morgan fingerprint density at radius 1 is 1.52 bits per heavy atom. The number of carbonyl (C=O) groups is 1. The van der Waals surface area contributed by atoms with Crippen LogP contribution in [0.15, 0.2) is 5.38 Å². The van der Waals surface area contributed by atoms with Crippen molar-refractivity contribution in [3.8, 4) is 0 Å². The zero-order chi connectivity index (χ0) is 16.8. The summed E-state index contributed by atoms with van der Waals surface area (Å²) in [5, 5.41) is 6.18. The fourth-order valence-corrected chi connectivity index (χ4v) is 4.21. The van der Waals surface area contributed by atoms with Crippen molar-refractivity contribution in [3.63, 3.8) is 0 Å². The minimum atomic E-state index is 0.100. The average Bonchev–Trinajstić information content (AvgIpc) is 2.89. The maximum Gasteiger partial charge on any atom is 0.230 e. The van der Waals surface area contributed by atoms with Gasteiger partial charge in [-0.25, -0.2) is 4.98 Å². The van der Waals surface area contributed by atoms with E-state index in [1.807, 2.05) is 6.92 Å². The fraction of sp³-hybridized carbons (Fsp3) is 0.750. The lowest BCUT2D eigenvalue weighted by Crippen LogP contribution is -2.52. The van der Waals surface area contributed by atoms with E-state index in [-0.39, 0.29) is 18.1 Å². The van der Waals surface area contributed by atoms with Gasteiger partial charge in [-0.2, -0.15) is 0 Å². The third-order valence-corrected chi connectivity index (χ3v) is 5.60. The molecule has 1 aromatic heterocycles. The van der Waals surface area contributed by atoms with Crippen LogP contribution >= 0.6 is 23.1 Å². The Kier molecular flexibility index (Phi) is 7.33. The molecule has 0 aromatic carbocycles. The van der Waals surface area contributed by atoms with Gasteiger partial charge >= 0.3 is 0 Å². The van der Waals surface area contributed by atoms with Crippen LogP contribution in [-0.4, -0.2) is 59.4 Å². The van der Waals surface area contributed by atoms with Crippen LogP contribution in [0.1, 0.15) is 31.5 Å². The molecule has 23 heavy (non-hydrogen) atoms. The Bertz CT molecular complexity index is 499. The standard InChI is InChI=1S/C16H27N3O2S2/c1-11(19-6-12(2)21-13(3)7-19)5-17-16(20)10-22-8-15-9-23-14(4)18-15/h9,11-13H,5-8,10H2,1-4H3,(H,17,20)/t11-,12-,13+/m0/s1. The number of thioether (sulfide) groups is 1. The summed E-state index contributed by atoms with van der Waals surface area (Å²) >= 11 is 3.27. The molecular weight excluding hydrogens is 330 g/mol. The number of nitrogens with zero attached hydrogens (tertiary/aromatic N) is 2. The van der Waals surface area contributed by atoms with Gasteiger partial charge < -0.3 is 10.1 Å². The topological polar surface area (TPSA) is 54.5 Å². The highest BCUT2D eigenvalue weighted by atomic mass is 32.2. The Morgan fingerprint density at radius 3 is 2.83 bits per heavy atom. The number of hydrogen-bond donors (Lipinski definition) is 1. The lowest BCUT2D eigenvalue weighted by Gasteiger charge is -2.39. The minimum absolute atomic E-state index is 0.100. The molecule has 5 nitrogen and oxygen atoms in total. The van der Waals surface area contributed by atoms with Crippen LogP contribution in [0.5, 0.6) is 0 Å². The van der Waals surface area contributed by atoms with Crippen molar-refractivity contribution in [3.05, 3.63) is 16.1 Å². The van der Waals surface area contributed by atoms with Crippen LogP contribution in [-0.2, 0) is 15.3 Å². The molecule has 1 N–H and O–H groups in total. The number of nitrogens with one attached hydrogen (secondary N) is 1. The number of ether oxygens (including phenoxy) is 1. The Morgan fingerprint density at radius 2 is 2.22 bits per heavy atom. The van der Waals surface area contributed by atoms with E-state index in [1.54, 1.807) is 23.1 Å². The minimum Gasteiger partial charge on any atom is -0.373 e. The zero-order valence-electron chi connectivity index (χ0n) is 14.4. The van der Waals surface area contributed by atoms with E-state index >= 15 is 0 Å². The predicted molar refractivity (Wildman–Crippen MR) is 97.1 cm³/mol. The van der Waals surface area contributed by atoms with Gasteiger partial charge in [0.15, 0.2) is 0 Å². The quantitative estimate of drug-likeness (QED) is 0.811. The van der Waals surface area contributed by atoms with Gasteiger partial charge in [0.05, 0.1) is 28.7 Å². The highest BCUT2D eigenvalue weighted by Crippen LogP contribution is 2.15. The van der Waals surface area contributed by atoms with E-state index in [4.69, 9.17) is 4.74 Å². The average molecular weight is 358 g/mol. The molecule has 1 amide bonds. The lowest BCUT2D eigenvalue weighted by atomic mass is 10.2. The second-order valence-electron chi connectivity index (χ2n) is 6.21. The van der Waals surface area contributed by atoms with Crippen molar-refractivity contribution in [2.24, 2.45) is 0 Å². The maximum absolute atomic E-state index is 12.0. The third-order valence-electron chi connectivity index (χ3n) is 3.82. The summed E-state index contributed by atoms with van der Waals surface area (Å²) in [4.78, 5) is 18.8. The molecule has 7 heteroatoms. The summed E-state index contributed by atoms with van der Waals surface area (Å²) < 4.78 is 5.75. The largest absolute Gasteiger partial charge is 0.373 e. The summed E-state index contributed by atoms with van der Waals surface area (Å²) in [5.41, 5.74) is 1.06. The van der Waals surface area contributed by atoms with E-state index in [0.29, 0.717) is 18.3 Å². The summed E-state index contributed by atoms with van der Waals surface area (Å²) in [6.45, 7) is 10.9. The van der Waals surface area contributed by atoms with Crippen molar-refractivity contribution in [2.75, 3.05) is 25.4 Å². The van der Waals surface area contributed by atoms with Crippen molar-refractivity contribution >= 4 is 29.0 Å². The highest BCUT2D eigenvalue weighted by Gasteiger charge is 2.25. The van der Waals surface area contributed by atoms with Crippen molar-refractivity contribution in [1.29, 1.82) is 0 Å². The third kappa shape index (κ3) is 6.41. The number of aryl methyl sites for hydroxylation is 1. The first-order chi connectivity index (χ1) is 10.9. The molecule has 0 radical (unpaired) electrons. The van der Waals surface area contributed by atoms with E-state index in [1.165, 1.54) is 0 Å². The molecule has 3 atom stereocenters. The van der Waals surface area contributed by atoms with Gasteiger partial charge in [0, 0.05) is 36.8 Å². The molecule has 1 aromatic rings. The summed E-state index contributed by atoms with van der Waals surface area (Å²) in [7, 11) is 0. The molecule has 2 rings (SSSR count). The molecule has 130 valence electrons. The first-order valence-electron chi connectivity index (χ1n) is 8.09. The van der Waals surface area contributed by atoms with E-state index in [2.05, 4.69) is 41.4 Å². The zero-order valence-corrected chi connectivity index (χ0v) is 16.0. The van der Waals surface area contributed by atoms with E-state index in [9.17, 15) is 4.79 Å². The van der Waals surface area contributed by atoms with E-state index < -0.39 is 0 Å². The molecule has 0 aliphatic carbocycles. The molecule has 0 unspecified atom stereocenters. The number of rotatable bonds is 7. The molecule has 1 fully saturated rings. The van der Waals surface area contributed by atoms with Crippen LogP contribution in [0.4, 0.5) is 0 Å². The maximum atomic E-state index is 12.0. The van der Waals surface area contributed by atoms with Crippen LogP contribution in [0, 0.1) is 6.92 Å². The summed E-state index contributed by atoms with van der Waals surface area (Å²) in [6, 6.07) is 0.332. The predicted octanol–water partition coefficient (Wildman–Crippen LogP) is 2.30. The smallest absolute Gasteiger partial charge is 0.230 e. The monoisotopic (exact) mass is 357 g/mol. The van der Waals surface area contributed by atoms with Crippen molar-refractivity contribution in [2.45, 2.75) is 51.7 Å². The Hall–Kier alpha value is -0.630. The first kappa shape index (κ1) is 18.7. The Balaban J connectivity index is 1.63. The fourth-order valence-electron chi connectivity index (χ4n) is 2.74. The van der Waals surface area contributed by atoms with Gasteiger partial charge in [-0.3, -0.25) is 9.69 Å². The van der Waals surface area contributed by atoms with E-state index in [0.717, 1.165) is 29.5 Å². The summed E-state index contributed by atoms with van der Waals surface area (Å²) in [6.07, 6.45) is 0.517. The normalized spacial score (nSPS) is 23.7. The number of amides is 1. The molecule has 1 aliphatic rings.